The van der Waals surface area contributed by atoms with Gasteiger partial charge in [-0.15, -0.1) is 0 Å². The maximum atomic E-state index is 11.5. The highest BCUT2D eigenvalue weighted by Crippen LogP contribution is 2.51. The first kappa shape index (κ1) is 7.26. The molecule has 1 saturated carbocycles. The highest BCUT2D eigenvalue weighted by molar-refractivity contribution is 6.05. The first-order valence-corrected chi connectivity index (χ1v) is 4.51. The Morgan fingerprint density at radius 3 is 2.08 bits per heavy atom. The number of nitrogens with two attached hydrogens (primary N) is 1. The van der Waals surface area contributed by atoms with Crippen molar-refractivity contribution in [3.05, 3.63) is 12.2 Å². The van der Waals surface area contributed by atoms with Crippen molar-refractivity contribution in [2.75, 3.05) is 0 Å². The molecule has 1 saturated heterocycles. The Kier molecular flexibility index (Phi) is 1.12. The zero-order chi connectivity index (χ0) is 9.16. The van der Waals surface area contributed by atoms with Gasteiger partial charge < -0.3 is 0 Å². The van der Waals surface area contributed by atoms with Gasteiger partial charge in [-0.05, 0) is 18.3 Å². The van der Waals surface area contributed by atoms with Crippen LogP contribution in [0.5, 0.6) is 0 Å². The molecule has 0 radical (unpaired) electrons. The van der Waals surface area contributed by atoms with Gasteiger partial charge in [0.25, 0.3) is 0 Å². The van der Waals surface area contributed by atoms with Crippen LogP contribution in [0.25, 0.3) is 0 Å². The number of nitrogens with zero attached hydrogens (tertiary/aromatic N) is 1. The van der Waals surface area contributed by atoms with E-state index < -0.39 is 0 Å². The fourth-order valence-electron chi connectivity index (χ4n) is 2.93. The molecule has 4 heteroatoms. The summed E-state index contributed by atoms with van der Waals surface area (Å²) >= 11 is 0. The van der Waals surface area contributed by atoms with Crippen molar-refractivity contribution in [2.24, 2.45) is 29.5 Å². The molecular formula is C9H10N2O2. The smallest absolute Gasteiger partial charge is 0.248 e. The normalized spacial score (nSPS) is 46.4. The number of hydrazine groups is 1. The average Bonchev–Trinajstić information content (AvgIpc) is 2.76. The van der Waals surface area contributed by atoms with Crippen molar-refractivity contribution in [1.82, 2.24) is 5.01 Å². The number of hydrogen-bond acceptors (Lipinski definition) is 3. The van der Waals surface area contributed by atoms with Crippen LogP contribution in [0.2, 0.25) is 0 Å². The minimum atomic E-state index is -0.188. The standard InChI is InChI=1S/C9H10N2O2/c10-11-8(12)6-4-1-2-5(3-4)7(6)9(11)13/h1-2,4-7H,3,10H2/t4-,5+,6-,7+. The Morgan fingerprint density at radius 2 is 1.62 bits per heavy atom. The SMILES string of the molecule is NN1C(=O)[C@@H]2[C@H](C1=O)[C@@H]1C=C[C@H]2C1. The quantitative estimate of drug-likeness (QED) is 0.239. The largest absolute Gasteiger partial charge is 0.273 e. The minimum Gasteiger partial charge on any atom is -0.273 e. The van der Waals surface area contributed by atoms with Crippen molar-refractivity contribution < 1.29 is 9.59 Å². The molecule has 0 spiro atoms. The first-order chi connectivity index (χ1) is 6.20. The van der Waals surface area contributed by atoms with Crippen molar-refractivity contribution in [3.63, 3.8) is 0 Å². The molecule has 2 amide bonds. The van der Waals surface area contributed by atoms with Gasteiger partial charge >= 0.3 is 0 Å². The summed E-state index contributed by atoms with van der Waals surface area (Å²) in [5.41, 5.74) is 0. The van der Waals surface area contributed by atoms with Gasteiger partial charge in [-0.1, -0.05) is 12.2 Å². The number of carbonyl (C=O) groups is 2. The third-order valence-electron chi connectivity index (χ3n) is 3.50. The van der Waals surface area contributed by atoms with Crippen LogP contribution in [-0.2, 0) is 9.59 Å². The van der Waals surface area contributed by atoms with Crippen molar-refractivity contribution in [2.45, 2.75) is 6.42 Å². The molecule has 2 fully saturated rings. The number of imide groups is 1. The number of allylic oxidation sites excluding steroid dienone is 2. The van der Waals surface area contributed by atoms with Crippen LogP contribution >= 0.6 is 0 Å². The number of amides is 2. The van der Waals surface area contributed by atoms with Gasteiger partial charge in [-0.3, -0.25) is 9.59 Å². The van der Waals surface area contributed by atoms with Crippen LogP contribution < -0.4 is 5.84 Å². The van der Waals surface area contributed by atoms with E-state index in [-0.39, 0.29) is 35.5 Å². The van der Waals surface area contributed by atoms with Crippen LogP contribution in [0.15, 0.2) is 12.2 Å². The Balaban J connectivity index is 2.08. The zero-order valence-corrected chi connectivity index (χ0v) is 7.01. The second kappa shape index (κ2) is 2.01. The Labute approximate surface area is 75.3 Å². The van der Waals surface area contributed by atoms with Gasteiger partial charge in [0.2, 0.25) is 11.8 Å². The summed E-state index contributed by atoms with van der Waals surface area (Å²) in [6.07, 6.45) is 5.06. The molecule has 3 aliphatic rings. The van der Waals surface area contributed by atoms with E-state index in [0.29, 0.717) is 0 Å². The van der Waals surface area contributed by atoms with Crippen molar-refractivity contribution in [3.8, 4) is 0 Å². The van der Waals surface area contributed by atoms with Crippen LogP contribution in [0.3, 0.4) is 0 Å². The van der Waals surface area contributed by atoms with Gasteiger partial charge in [0.1, 0.15) is 0 Å². The molecular weight excluding hydrogens is 168 g/mol. The molecule has 3 rings (SSSR count). The van der Waals surface area contributed by atoms with Crippen LogP contribution in [0.4, 0.5) is 0 Å². The third-order valence-corrected chi connectivity index (χ3v) is 3.50. The Morgan fingerprint density at radius 1 is 1.15 bits per heavy atom. The summed E-state index contributed by atoms with van der Waals surface area (Å²) in [5.74, 6) is 5.23. The lowest BCUT2D eigenvalue weighted by molar-refractivity contribution is -0.141. The molecule has 0 aromatic carbocycles. The maximum absolute atomic E-state index is 11.5. The molecule has 68 valence electrons. The fraction of sp³-hybridized carbons (Fsp3) is 0.556. The zero-order valence-electron chi connectivity index (χ0n) is 7.01. The molecule has 1 heterocycles. The summed E-state index contributed by atoms with van der Waals surface area (Å²) in [7, 11) is 0. The summed E-state index contributed by atoms with van der Waals surface area (Å²) in [5, 5.41) is 0.807. The molecule has 2 N–H and O–H groups in total. The van der Waals surface area contributed by atoms with Crippen molar-refractivity contribution >= 4 is 11.8 Å². The highest BCUT2D eigenvalue weighted by Gasteiger charge is 2.58. The predicted octanol–water partition coefficient (Wildman–Crippen LogP) is -0.333. The number of hydrogen-bond donors (Lipinski definition) is 1. The molecule has 2 aliphatic carbocycles. The van der Waals surface area contributed by atoms with E-state index in [1.165, 1.54) is 0 Å². The lowest BCUT2D eigenvalue weighted by Crippen LogP contribution is -2.38. The van der Waals surface area contributed by atoms with E-state index in [2.05, 4.69) is 12.2 Å². The minimum absolute atomic E-state index is 0.146. The van der Waals surface area contributed by atoms with E-state index in [1.807, 2.05) is 0 Å². The number of carbonyl (C=O) groups excluding carboxylic acids is 2. The predicted molar refractivity (Wildman–Crippen MR) is 43.8 cm³/mol. The maximum Gasteiger partial charge on any atom is 0.248 e. The molecule has 2 bridgehead atoms. The average molecular weight is 178 g/mol. The van der Waals surface area contributed by atoms with E-state index in [4.69, 9.17) is 5.84 Å². The molecule has 4 atom stereocenters. The lowest BCUT2D eigenvalue weighted by Gasteiger charge is -2.14. The molecule has 13 heavy (non-hydrogen) atoms. The summed E-state index contributed by atoms with van der Waals surface area (Å²) < 4.78 is 0. The summed E-state index contributed by atoms with van der Waals surface area (Å²) in [4.78, 5) is 23.1. The molecule has 1 aliphatic heterocycles. The Bertz CT molecular complexity index is 307. The number of fused-ring (bicyclic) bond motifs is 5. The topological polar surface area (TPSA) is 63.4 Å². The van der Waals surface area contributed by atoms with Crippen LogP contribution in [0, 0.1) is 23.7 Å². The third kappa shape index (κ3) is 0.659. The monoisotopic (exact) mass is 178 g/mol. The number of rotatable bonds is 0. The highest BCUT2D eigenvalue weighted by atomic mass is 16.2. The van der Waals surface area contributed by atoms with Crippen LogP contribution in [0.1, 0.15) is 6.42 Å². The van der Waals surface area contributed by atoms with Gasteiger partial charge in [-0.25, -0.2) is 10.9 Å². The van der Waals surface area contributed by atoms with Gasteiger partial charge in [0, 0.05) is 0 Å². The van der Waals surface area contributed by atoms with E-state index in [0.717, 1.165) is 11.4 Å². The van der Waals surface area contributed by atoms with E-state index in [1.54, 1.807) is 0 Å². The van der Waals surface area contributed by atoms with Gasteiger partial charge in [-0.2, -0.15) is 0 Å². The van der Waals surface area contributed by atoms with Gasteiger partial charge in [0.15, 0.2) is 0 Å². The molecule has 4 nitrogen and oxygen atoms in total. The first-order valence-electron chi connectivity index (χ1n) is 4.51. The van der Waals surface area contributed by atoms with E-state index >= 15 is 0 Å². The second-order valence-corrected chi connectivity index (χ2v) is 4.05. The fourth-order valence-corrected chi connectivity index (χ4v) is 2.93. The Hall–Kier alpha value is -1.16. The summed E-state index contributed by atoms with van der Waals surface area (Å²) in [6.45, 7) is 0. The second-order valence-electron chi connectivity index (χ2n) is 4.05. The van der Waals surface area contributed by atoms with Crippen molar-refractivity contribution in [1.29, 1.82) is 0 Å². The molecule has 0 unspecified atom stereocenters. The lowest BCUT2D eigenvalue weighted by atomic mass is 9.85. The summed E-state index contributed by atoms with van der Waals surface area (Å²) in [6, 6.07) is 0. The van der Waals surface area contributed by atoms with Crippen LogP contribution in [-0.4, -0.2) is 16.8 Å². The van der Waals surface area contributed by atoms with E-state index in [9.17, 15) is 9.59 Å². The molecule has 0 aromatic rings. The van der Waals surface area contributed by atoms with Gasteiger partial charge in [0.05, 0.1) is 11.8 Å². The molecule has 0 aromatic heterocycles.